The highest BCUT2D eigenvalue weighted by Crippen LogP contribution is 2.47. The van der Waals surface area contributed by atoms with Crippen LogP contribution in [0.3, 0.4) is 0 Å². The van der Waals surface area contributed by atoms with Crippen molar-refractivity contribution in [3.05, 3.63) is 28.0 Å². The molecule has 5 heteroatoms. The molecule has 0 amide bonds. The van der Waals surface area contributed by atoms with E-state index in [-0.39, 0.29) is 15.0 Å². The lowest BCUT2D eigenvalue weighted by Gasteiger charge is -2.15. The van der Waals surface area contributed by atoms with Gasteiger partial charge in [0, 0.05) is 11.3 Å². The summed E-state index contributed by atoms with van der Waals surface area (Å²) in [5, 5.41) is 11.9. The van der Waals surface area contributed by atoms with Crippen LogP contribution in [0.25, 0.3) is 0 Å². The number of rotatable bonds is 4. The Hall–Kier alpha value is -0.730. The SMILES string of the molecule is CSC1(CNc2ccc(C#N)c(Br)c2F)CC1. The molecular weight excluding hydrogens is 303 g/mol. The molecule has 2 nitrogen and oxygen atoms in total. The van der Waals surface area contributed by atoms with Crippen molar-refractivity contribution < 1.29 is 4.39 Å². The van der Waals surface area contributed by atoms with Crippen LogP contribution in [0.2, 0.25) is 0 Å². The van der Waals surface area contributed by atoms with E-state index >= 15 is 0 Å². The van der Waals surface area contributed by atoms with E-state index in [0.717, 1.165) is 6.54 Å². The minimum absolute atomic E-state index is 0.235. The molecule has 1 aliphatic carbocycles. The molecule has 17 heavy (non-hydrogen) atoms. The Morgan fingerprint density at radius 1 is 1.59 bits per heavy atom. The topological polar surface area (TPSA) is 35.8 Å². The zero-order chi connectivity index (χ0) is 12.5. The predicted molar refractivity (Wildman–Crippen MR) is 72.8 cm³/mol. The van der Waals surface area contributed by atoms with Crippen molar-refractivity contribution in [3.63, 3.8) is 0 Å². The van der Waals surface area contributed by atoms with Crippen molar-refractivity contribution in [1.29, 1.82) is 5.26 Å². The van der Waals surface area contributed by atoms with Crippen LogP contribution < -0.4 is 5.32 Å². The van der Waals surface area contributed by atoms with Gasteiger partial charge in [-0.1, -0.05) is 0 Å². The summed E-state index contributed by atoms with van der Waals surface area (Å²) < 4.78 is 14.4. The molecule has 1 fully saturated rings. The summed E-state index contributed by atoms with van der Waals surface area (Å²) in [6, 6.07) is 5.18. The van der Waals surface area contributed by atoms with E-state index in [0.29, 0.717) is 11.3 Å². The fraction of sp³-hybridized carbons (Fsp3) is 0.417. The molecule has 1 aliphatic rings. The Morgan fingerprint density at radius 3 is 2.82 bits per heavy atom. The smallest absolute Gasteiger partial charge is 0.161 e. The molecule has 0 unspecified atom stereocenters. The first kappa shape index (κ1) is 12.7. The van der Waals surface area contributed by atoms with E-state index in [2.05, 4.69) is 27.5 Å². The second-order valence-corrected chi connectivity index (χ2v) is 6.21. The quantitative estimate of drug-likeness (QED) is 0.919. The van der Waals surface area contributed by atoms with Crippen LogP contribution in [0.4, 0.5) is 10.1 Å². The van der Waals surface area contributed by atoms with Gasteiger partial charge in [0.2, 0.25) is 0 Å². The molecular formula is C12H12BrFN2S. The van der Waals surface area contributed by atoms with E-state index in [4.69, 9.17) is 5.26 Å². The summed E-state index contributed by atoms with van der Waals surface area (Å²) in [4.78, 5) is 0. The highest BCUT2D eigenvalue weighted by atomic mass is 79.9. The van der Waals surface area contributed by atoms with Crippen molar-refractivity contribution in [1.82, 2.24) is 0 Å². The Balaban J connectivity index is 2.12. The predicted octanol–water partition coefficient (Wildman–Crippen LogP) is 3.77. The number of hydrogen-bond acceptors (Lipinski definition) is 3. The van der Waals surface area contributed by atoms with Crippen molar-refractivity contribution in [2.45, 2.75) is 17.6 Å². The van der Waals surface area contributed by atoms with Crippen LogP contribution in [-0.4, -0.2) is 17.5 Å². The first-order valence-corrected chi connectivity index (χ1v) is 7.31. The number of nitrogens with one attached hydrogen (secondary N) is 1. The van der Waals surface area contributed by atoms with E-state index in [1.165, 1.54) is 12.8 Å². The summed E-state index contributed by atoms with van der Waals surface area (Å²) >= 11 is 4.93. The second-order valence-electron chi connectivity index (χ2n) is 4.14. The number of nitriles is 1. The summed E-state index contributed by atoms with van der Waals surface area (Å²) in [7, 11) is 0. The van der Waals surface area contributed by atoms with Crippen molar-refractivity contribution in [2.75, 3.05) is 18.1 Å². The van der Waals surface area contributed by atoms with Gasteiger partial charge in [0.25, 0.3) is 0 Å². The third kappa shape index (κ3) is 2.58. The normalized spacial score (nSPS) is 16.4. The van der Waals surface area contributed by atoms with Gasteiger partial charge in [0.1, 0.15) is 6.07 Å². The van der Waals surface area contributed by atoms with Crippen LogP contribution in [0.5, 0.6) is 0 Å². The third-order valence-corrected chi connectivity index (χ3v) is 5.24. The van der Waals surface area contributed by atoms with Crippen LogP contribution in [0, 0.1) is 17.1 Å². The number of nitrogens with zero attached hydrogens (tertiary/aromatic N) is 1. The molecule has 0 saturated heterocycles. The van der Waals surface area contributed by atoms with Crippen molar-refractivity contribution in [3.8, 4) is 6.07 Å². The molecule has 1 N–H and O–H groups in total. The number of anilines is 1. The number of benzene rings is 1. The maximum atomic E-state index is 13.9. The second kappa shape index (κ2) is 4.87. The zero-order valence-corrected chi connectivity index (χ0v) is 11.8. The van der Waals surface area contributed by atoms with E-state index in [9.17, 15) is 4.39 Å². The van der Waals surface area contributed by atoms with Crippen LogP contribution >= 0.6 is 27.7 Å². The molecule has 0 atom stereocenters. The lowest BCUT2D eigenvalue weighted by atomic mass is 10.2. The van der Waals surface area contributed by atoms with E-state index in [1.807, 2.05) is 17.8 Å². The molecule has 0 heterocycles. The first-order chi connectivity index (χ1) is 8.12. The number of halogens is 2. The van der Waals surface area contributed by atoms with Crippen LogP contribution in [-0.2, 0) is 0 Å². The fourth-order valence-electron chi connectivity index (χ4n) is 1.62. The molecule has 0 radical (unpaired) electrons. The zero-order valence-electron chi connectivity index (χ0n) is 9.39. The largest absolute Gasteiger partial charge is 0.381 e. The molecule has 1 aromatic carbocycles. The van der Waals surface area contributed by atoms with Crippen LogP contribution in [0.15, 0.2) is 16.6 Å². The highest BCUT2D eigenvalue weighted by molar-refractivity contribution is 9.10. The molecule has 0 bridgehead atoms. The van der Waals surface area contributed by atoms with Crippen molar-refractivity contribution >= 4 is 33.4 Å². The molecule has 1 aromatic rings. The lowest BCUT2D eigenvalue weighted by Crippen LogP contribution is -2.18. The van der Waals surface area contributed by atoms with E-state index in [1.54, 1.807) is 12.1 Å². The van der Waals surface area contributed by atoms with Gasteiger partial charge < -0.3 is 5.32 Å². The van der Waals surface area contributed by atoms with Gasteiger partial charge >= 0.3 is 0 Å². The molecule has 90 valence electrons. The standard InChI is InChI=1S/C12H12BrFN2S/c1-17-12(4-5-12)7-16-9-3-2-8(6-15)10(13)11(9)14/h2-3,16H,4-5,7H2,1H3. The maximum absolute atomic E-state index is 13.9. The summed E-state index contributed by atoms with van der Waals surface area (Å²) in [6.45, 7) is 0.767. The minimum Gasteiger partial charge on any atom is -0.381 e. The summed E-state index contributed by atoms with van der Waals surface area (Å²) in [6.07, 6.45) is 4.44. The van der Waals surface area contributed by atoms with Crippen molar-refractivity contribution in [2.24, 2.45) is 0 Å². The molecule has 0 spiro atoms. The highest BCUT2D eigenvalue weighted by Gasteiger charge is 2.41. The van der Waals surface area contributed by atoms with E-state index < -0.39 is 0 Å². The summed E-state index contributed by atoms with van der Waals surface area (Å²) in [5.74, 6) is -0.388. The molecule has 1 saturated carbocycles. The Morgan fingerprint density at radius 2 is 2.29 bits per heavy atom. The Bertz CT molecular complexity index is 480. The van der Waals surface area contributed by atoms with Gasteiger partial charge in [-0.3, -0.25) is 0 Å². The third-order valence-electron chi connectivity index (χ3n) is 3.04. The number of hydrogen-bond donors (Lipinski definition) is 1. The monoisotopic (exact) mass is 314 g/mol. The Kier molecular flexibility index (Phi) is 3.64. The lowest BCUT2D eigenvalue weighted by molar-refractivity contribution is 0.622. The molecule has 2 rings (SSSR count). The van der Waals surface area contributed by atoms with Gasteiger partial charge in [0.05, 0.1) is 15.7 Å². The average molecular weight is 315 g/mol. The van der Waals surface area contributed by atoms with Crippen LogP contribution in [0.1, 0.15) is 18.4 Å². The maximum Gasteiger partial charge on any atom is 0.161 e. The average Bonchev–Trinajstić information content (AvgIpc) is 3.12. The minimum atomic E-state index is -0.388. The van der Waals surface area contributed by atoms with Gasteiger partial charge in [-0.15, -0.1) is 0 Å². The molecule has 0 aliphatic heterocycles. The summed E-state index contributed by atoms with van der Waals surface area (Å²) in [5.41, 5.74) is 0.773. The van der Waals surface area contributed by atoms with Gasteiger partial charge in [-0.25, -0.2) is 4.39 Å². The van der Waals surface area contributed by atoms with Gasteiger partial charge in [0.15, 0.2) is 5.82 Å². The first-order valence-electron chi connectivity index (χ1n) is 5.29. The van der Waals surface area contributed by atoms with Gasteiger partial charge in [-0.05, 0) is 47.2 Å². The number of thioether (sulfide) groups is 1. The fourth-order valence-corrected chi connectivity index (χ4v) is 2.78. The molecule has 0 aromatic heterocycles. The Labute approximate surface area is 113 Å². The van der Waals surface area contributed by atoms with Gasteiger partial charge in [-0.2, -0.15) is 17.0 Å².